The van der Waals surface area contributed by atoms with Crippen LogP contribution in [0.4, 0.5) is 0 Å². The summed E-state index contributed by atoms with van der Waals surface area (Å²) in [5.41, 5.74) is 0.666. The predicted octanol–water partition coefficient (Wildman–Crippen LogP) is 2.97. The van der Waals surface area contributed by atoms with Gasteiger partial charge >= 0.3 is 11.9 Å². The molecule has 0 amide bonds. The number of rotatable bonds is 12. The summed E-state index contributed by atoms with van der Waals surface area (Å²) in [6.07, 6.45) is 2.55. The van der Waals surface area contributed by atoms with E-state index in [1.54, 1.807) is 31.2 Å². The first-order valence-corrected chi connectivity index (χ1v) is 9.89. The molecule has 3 N–H and O–H groups in total. The second-order valence-corrected chi connectivity index (χ2v) is 6.57. The molecule has 0 saturated heterocycles. The second-order valence-electron chi connectivity index (χ2n) is 6.57. The molecule has 8 heteroatoms. The molecule has 1 rings (SSSR count). The lowest BCUT2D eigenvalue weighted by molar-refractivity contribution is -0.149. The van der Waals surface area contributed by atoms with Crippen molar-refractivity contribution >= 4 is 17.7 Å². The minimum Gasteiger partial charge on any atom is -0.492 e. The number of aliphatic hydroxyl groups is 2. The number of hydrogen-bond acceptors (Lipinski definition) is 7. The normalized spacial score (nSPS) is 13.1. The van der Waals surface area contributed by atoms with E-state index in [9.17, 15) is 9.59 Å². The fourth-order valence-corrected chi connectivity index (χ4v) is 2.52. The number of aliphatic carboxylic acids is 1. The number of benzene rings is 1. The van der Waals surface area contributed by atoms with Crippen molar-refractivity contribution in [3.05, 3.63) is 41.7 Å². The third-order valence-corrected chi connectivity index (χ3v) is 3.98. The molecular weight excluding hydrogens is 392 g/mol. The molecule has 170 valence electrons. The molecule has 0 aliphatic heterocycles. The number of carbonyl (C=O) groups is 2. The van der Waals surface area contributed by atoms with Crippen LogP contribution in [0, 0.1) is 0 Å². The first kappa shape index (κ1) is 27.4. The molecule has 1 aromatic rings. The van der Waals surface area contributed by atoms with E-state index in [1.165, 1.54) is 14.2 Å². The average molecular weight is 427 g/mol. The molecule has 0 bridgehead atoms. The largest absolute Gasteiger partial charge is 0.492 e. The SMILES string of the molecule is CCCCCC(=O)OC(C)CC(O)CO.COC(C(=O)O)=C(OC)c1ccccc1. The molecule has 0 spiro atoms. The van der Waals surface area contributed by atoms with Gasteiger partial charge in [0.25, 0.3) is 0 Å². The zero-order valence-corrected chi connectivity index (χ0v) is 18.2. The van der Waals surface area contributed by atoms with Crippen LogP contribution in [0.2, 0.25) is 0 Å². The van der Waals surface area contributed by atoms with Crippen LogP contribution in [0.5, 0.6) is 0 Å². The summed E-state index contributed by atoms with van der Waals surface area (Å²) in [6.45, 7) is 3.50. The van der Waals surface area contributed by atoms with Gasteiger partial charge in [-0.2, -0.15) is 0 Å². The van der Waals surface area contributed by atoms with Crippen LogP contribution in [-0.4, -0.2) is 60.3 Å². The maximum absolute atomic E-state index is 11.2. The number of carboxylic acids is 1. The van der Waals surface area contributed by atoms with Crippen LogP contribution in [0.1, 0.15) is 51.5 Å². The Morgan fingerprint density at radius 3 is 2.17 bits per heavy atom. The molecule has 0 aromatic heterocycles. The number of methoxy groups -OCH3 is 2. The average Bonchev–Trinajstić information content (AvgIpc) is 2.72. The summed E-state index contributed by atoms with van der Waals surface area (Å²) in [7, 11) is 2.70. The van der Waals surface area contributed by atoms with Crippen LogP contribution >= 0.6 is 0 Å². The van der Waals surface area contributed by atoms with Crippen LogP contribution in [-0.2, 0) is 23.8 Å². The molecule has 0 aliphatic rings. The molecule has 8 nitrogen and oxygen atoms in total. The van der Waals surface area contributed by atoms with E-state index in [-0.39, 0.29) is 36.6 Å². The zero-order chi connectivity index (χ0) is 22.9. The molecular formula is C22H34O8. The Morgan fingerprint density at radius 2 is 1.70 bits per heavy atom. The summed E-state index contributed by atoms with van der Waals surface area (Å²) in [4.78, 5) is 22.1. The van der Waals surface area contributed by atoms with Crippen molar-refractivity contribution in [2.75, 3.05) is 20.8 Å². The van der Waals surface area contributed by atoms with Crippen molar-refractivity contribution in [2.24, 2.45) is 0 Å². The standard InChI is InChI=1S/C11H12O4.C11H22O4/c1-14-9(10(15-2)11(12)13)8-6-4-3-5-7-8;1-3-4-5-6-11(14)15-9(2)7-10(13)8-12/h3-7H,1-2H3,(H,12,13);9-10,12-13H,3-8H2,1-2H3. The summed E-state index contributed by atoms with van der Waals surface area (Å²) < 4.78 is 14.9. The summed E-state index contributed by atoms with van der Waals surface area (Å²) >= 11 is 0. The Morgan fingerprint density at radius 1 is 1.07 bits per heavy atom. The fraction of sp³-hybridized carbons (Fsp3) is 0.545. The van der Waals surface area contributed by atoms with E-state index in [2.05, 4.69) is 6.92 Å². The number of esters is 1. The van der Waals surface area contributed by atoms with E-state index in [0.717, 1.165) is 19.3 Å². The van der Waals surface area contributed by atoms with Crippen molar-refractivity contribution < 1.29 is 39.1 Å². The van der Waals surface area contributed by atoms with Crippen molar-refractivity contribution in [3.63, 3.8) is 0 Å². The smallest absolute Gasteiger partial charge is 0.375 e. The van der Waals surface area contributed by atoms with Gasteiger partial charge in [0, 0.05) is 18.4 Å². The summed E-state index contributed by atoms with van der Waals surface area (Å²) in [6, 6.07) is 8.93. The third kappa shape index (κ3) is 11.4. The molecule has 0 saturated carbocycles. The van der Waals surface area contributed by atoms with Crippen LogP contribution in [0.15, 0.2) is 36.1 Å². The van der Waals surface area contributed by atoms with Gasteiger partial charge in [-0.25, -0.2) is 4.79 Å². The molecule has 2 unspecified atom stereocenters. The van der Waals surface area contributed by atoms with Gasteiger partial charge in [-0.3, -0.25) is 4.79 Å². The highest BCUT2D eigenvalue weighted by Crippen LogP contribution is 2.19. The lowest BCUT2D eigenvalue weighted by Gasteiger charge is -2.15. The van der Waals surface area contributed by atoms with Gasteiger partial charge in [-0.1, -0.05) is 50.1 Å². The van der Waals surface area contributed by atoms with Gasteiger partial charge in [0.15, 0.2) is 5.76 Å². The number of carboxylic acid groups (broad SMARTS) is 1. The van der Waals surface area contributed by atoms with Gasteiger partial charge in [-0.05, 0) is 13.3 Å². The van der Waals surface area contributed by atoms with E-state index in [0.29, 0.717) is 12.0 Å². The van der Waals surface area contributed by atoms with Crippen LogP contribution < -0.4 is 0 Å². The summed E-state index contributed by atoms with van der Waals surface area (Å²) in [5.74, 6) is -1.37. The molecule has 1 aromatic carbocycles. The molecule has 2 atom stereocenters. The molecule has 0 fully saturated rings. The predicted molar refractivity (Wildman–Crippen MR) is 112 cm³/mol. The Labute approximate surface area is 178 Å². The van der Waals surface area contributed by atoms with Gasteiger partial charge in [0.05, 0.1) is 26.9 Å². The van der Waals surface area contributed by atoms with Gasteiger partial charge in [-0.15, -0.1) is 0 Å². The minimum absolute atomic E-state index is 0.205. The number of aliphatic hydroxyl groups excluding tert-OH is 2. The molecule has 0 aliphatic carbocycles. The van der Waals surface area contributed by atoms with Gasteiger partial charge in [0.1, 0.15) is 6.10 Å². The van der Waals surface area contributed by atoms with E-state index >= 15 is 0 Å². The number of hydrogen-bond donors (Lipinski definition) is 3. The van der Waals surface area contributed by atoms with Gasteiger partial charge < -0.3 is 29.5 Å². The lowest BCUT2D eigenvalue weighted by atomic mass is 10.1. The summed E-state index contributed by atoms with van der Waals surface area (Å²) in [5, 5.41) is 26.6. The second kappa shape index (κ2) is 16.2. The van der Waals surface area contributed by atoms with Crippen molar-refractivity contribution in [1.29, 1.82) is 0 Å². The fourth-order valence-electron chi connectivity index (χ4n) is 2.52. The Hall–Kier alpha value is -2.58. The van der Waals surface area contributed by atoms with Crippen LogP contribution in [0.25, 0.3) is 5.76 Å². The number of carbonyl (C=O) groups excluding carboxylic acids is 1. The minimum atomic E-state index is -1.15. The number of ether oxygens (including phenoxy) is 3. The number of unbranched alkanes of at least 4 members (excludes halogenated alkanes) is 2. The van der Waals surface area contributed by atoms with E-state index in [1.807, 2.05) is 6.07 Å². The first-order valence-electron chi connectivity index (χ1n) is 9.89. The van der Waals surface area contributed by atoms with Crippen molar-refractivity contribution in [3.8, 4) is 0 Å². The maximum Gasteiger partial charge on any atom is 0.375 e. The highest BCUT2D eigenvalue weighted by atomic mass is 16.5. The molecule has 0 heterocycles. The van der Waals surface area contributed by atoms with Crippen molar-refractivity contribution in [1.82, 2.24) is 0 Å². The van der Waals surface area contributed by atoms with Gasteiger partial charge in [0.2, 0.25) is 5.76 Å². The third-order valence-electron chi connectivity index (χ3n) is 3.98. The topological polar surface area (TPSA) is 123 Å². The Bertz CT molecular complexity index is 642. The molecule has 30 heavy (non-hydrogen) atoms. The quantitative estimate of drug-likeness (QED) is 0.202. The Balaban J connectivity index is 0.000000561. The lowest BCUT2D eigenvalue weighted by Crippen LogP contribution is -2.23. The molecule has 0 radical (unpaired) electrons. The highest BCUT2D eigenvalue weighted by molar-refractivity contribution is 5.92. The zero-order valence-electron chi connectivity index (χ0n) is 18.2. The van der Waals surface area contributed by atoms with Crippen LogP contribution in [0.3, 0.4) is 0 Å². The van der Waals surface area contributed by atoms with Crippen molar-refractivity contribution in [2.45, 2.75) is 58.2 Å². The Kier molecular flexibility index (Phi) is 14.8. The van der Waals surface area contributed by atoms with E-state index in [4.69, 9.17) is 29.5 Å². The van der Waals surface area contributed by atoms with E-state index < -0.39 is 12.1 Å². The monoisotopic (exact) mass is 426 g/mol. The first-order chi connectivity index (χ1) is 14.3. The maximum atomic E-state index is 11.2. The highest BCUT2D eigenvalue weighted by Gasteiger charge is 2.17.